The largest absolute Gasteiger partial charge is 0.325 e. The lowest BCUT2D eigenvalue weighted by Crippen LogP contribution is -2.24. The van der Waals surface area contributed by atoms with Gasteiger partial charge >= 0.3 is 0 Å². The van der Waals surface area contributed by atoms with Crippen LogP contribution in [-0.4, -0.2) is 23.5 Å². The molecule has 2 N–H and O–H groups in total. The van der Waals surface area contributed by atoms with Crippen LogP contribution in [-0.2, 0) is 13.1 Å². The Morgan fingerprint density at radius 3 is 2.88 bits per heavy atom. The predicted octanol–water partition coefficient (Wildman–Crippen LogP) is 2.16. The van der Waals surface area contributed by atoms with Crippen LogP contribution >= 0.6 is 0 Å². The van der Waals surface area contributed by atoms with E-state index in [9.17, 15) is 0 Å². The van der Waals surface area contributed by atoms with Crippen molar-refractivity contribution in [3.05, 3.63) is 29.6 Å². The zero-order chi connectivity index (χ0) is 12.1. The zero-order valence-electron chi connectivity index (χ0n) is 10.7. The van der Waals surface area contributed by atoms with Gasteiger partial charge in [-0.3, -0.25) is 4.98 Å². The van der Waals surface area contributed by atoms with Crippen molar-refractivity contribution in [3.63, 3.8) is 0 Å². The van der Waals surface area contributed by atoms with Gasteiger partial charge in [0.25, 0.3) is 0 Å². The quantitative estimate of drug-likeness (QED) is 0.847. The van der Waals surface area contributed by atoms with Crippen molar-refractivity contribution in [3.8, 4) is 0 Å². The van der Waals surface area contributed by atoms with Gasteiger partial charge in [0.1, 0.15) is 0 Å². The molecule has 1 aromatic heterocycles. The predicted molar refractivity (Wildman–Crippen MR) is 70.4 cm³/mol. The molecule has 94 valence electrons. The smallest absolute Gasteiger partial charge is 0.0542 e. The minimum absolute atomic E-state index is 0.528. The average molecular weight is 233 g/mol. The van der Waals surface area contributed by atoms with E-state index in [2.05, 4.69) is 29.1 Å². The van der Waals surface area contributed by atoms with Crippen LogP contribution in [0.2, 0.25) is 0 Å². The van der Waals surface area contributed by atoms with Crippen LogP contribution < -0.4 is 5.73 Å². The second-order valence-electron chi connectivity index (χ2n) is 5.21. The van der Waals surface area contributed by atoms with Crippen LogP contribution in [0.3, 0.4) is 0 Å². The number of hydrogen-bond acceptors (Lipinski definition) is 3. The Morgan fingerprint density at radius 1 is 1.41 bits per heavy atom. The molecule has 1 aromatic rings. The second-order valence-corrected chi connectivity index (χ2v) is 5.21. The maximum Gasteiger partial charge on any atom is 0.0542 e. The van der Waals surface area contributed by atoms with Crippen molar-refractivity contribution in [2.24, 2.45) is 11.7 Å². The van der Waals surface area contributed by atoms with Crippen LogP contribution in [0.1, 0.15) is 36.9 Å². The Morgan fingerprint density at radius 2 is 2.18 bits per heavy atom. The molecular weight excluding hydrogens is 210 g/mol. The number of rotatable bonds is 5. The number of nitrogens with zero attached hydrogens (tertiary/aromatic N) is 2. The average Bonchev–Trinajstić information content (AvgIpc) is 2.82. The molecule has 0 atom stereocenters. The third kappa shape index (κ3) is 3.79. The fourth-order valence-corrected chi connectivity index (χ4v) is 2.75. The van der Waals surface area contributed by atoms with Gasteiger partial charge in [-0.15, -0.1) is 0 Å². The highest BCUT2D eigenvalue weighted by molar-refractivity contribution is 5.16. The summed E-state index contributed by atoms with van der Waals surface area (Å²) in [6.07, 6.45) is 7.53. The lowest BCUT2D eigenvalue weighted by atomic mass is 10.1. The minimum atomic E-state index is 0.528. The van der Waals surface area contributed by atoms with E-state index in [4.69, 9.17) is 5.73 Å². The number of pyridine rings is 1. The highest BCUT2D eigenvalue weighted by Crippen LogP contribution is 2.25. The normalized spacial score (nSPS) is 16.9. The number of hydrogen-bond donors (Lipinski definition) is 1. The van der Waals surface area contributed by atoms with Gasteiger partial charge in [-0.25, -0.2) is 0 Å². The summed E-state index contributed by atoms with van der Waals surface area (Å²) in [5, 5.41) is 0. The molecule has 2 rings (SSSR count). The zero-order valence-corrected chi connectivity index (χ0v) is 10.7. The lowest BCUT2D eigenvalue weighted by Gasteiger charge is -2.20. The van der Waals surface area contributed by atoms with Crippen molar-refractivity contribution in [1.82, 2.24) is 9.88 Å². The van der Waals surface area contributed by atoms with Crippen LogP contribution in [0.5, 0.6) is 0 Å². The summed E-state index contributed by atoms with van der Waals surface area (Å²) in [5.74, 6) is 0.913. The molecule has 1 saturated carbocycles. The molecule has 3 heteroatoms. The first kappa shape index (κ1) is 12.5. The highest BCUT2D eigenvalue weighted by Gasteiger charge is 2.16. The Hall–Kier alpha value is -0.930. The standard InChI is InChI=1S/C14H23N3/c1-17(10-12-4-2-3-5-12)11-13-6-7-16-14(8-13)9-15/h6-8,12H,2-5,9-11,15H2,1H3. The molecule has 0 saturated heterocycles. The summed E-state index contributed by atoms with van der Waals surface area (Å²) >= 11 is 0. The molecule has 0 spiro atoms. The van der Waals surface area contributed by atoms with Crippen molar-refractivity contribution in [1.29, 1.82) is 0 Å². The van der Waals surface area contributed by atoms with Crippen molar-refractivity contribution in [2.75, 3.05) is 13.6 Å². The Balaban J connectivity index is 1.85. The summed E-state index contributed by atoms with van der Waals surface area (Å²) in [7, 11) is 2.21. The van der Waals surface area contributed by atoms with E-state index in [1.807, 2.05) is 6.20 Å². The summed E-state index contributed by atoms with van der Waals surface area (Å²) in [6.45, 7) is 2.76. The maximum absolute atomic E-state index is 5.61. The molecule has 0 unspecified atom stereocenters. The molecule has 17 heavy (non-hydrogen) atoms. The third-order valence-corrected chi connectivity index (χ3v) is 3.59. The molecule has 1 aliphatic carbocycles. The lowest BCUT2D eigenvalue weighted by molar-refractivity contribution is 0.271. The summed E-state index contributed by atoms with van der Waals surface area (Å²) < 4.78 is 0. The van der Waals surface area contributed by atoms with Gasteiger partial charge in [-0.05, 0) is 43.5 Å². The molecule has 0 amide bonds. The van der Waals surface area contributed by atoms with Crippen LogP contribution in [0.4, 0.5) is 0 Å². The highest BCUT2D eigenvalue weighted by atomic mass is 15.1. The third-order valence-electron chi connectivity index (χ3n) is 3.59. The molecule has 0 bridgehead atoms. The summed E-state index contributed by atoms with van der Waals surface area (Å²) in [4.78, 5) is 6.65. The minimum Gasteiger partial charge on any atom is -0.325 e. The fraction of sp³-hybridized carbons (Fsp3) is 0.643. The molecule has 0 aromatic carbocycles. The molecule has 1 heterocycles. The molecule has 1 fully saturated rings. The number of nitrogens with two attached hydrogens (primary N) is 1. The molecule has 0 radical (unpaired) electrons. The topological polar surface area (TPSA) is 42.2 Å². The van der Waals surface area contributed by atoms with E-state index in [-0.39, 0.29) is 0 Å². The molecule has 3 nitrogen and oxygen atoms in total. The maximum atomic E-state index is 5.61. The Labute approximate surface area is 104 Å². The SMILES string of the molecule is CN(Cc1ccnc(CN)c1)CC1CCCC1. The van der Waals surface area contributed by atoms with E-state index in [0.717, 1.165) is 18.2 Å². The molecule has 1 aliphatic rings. The van der Waals surface area contributed by atoms with E-state index in [1.54, 1.807) is 0 Å². The first-order valence-corrected chi connectivity index (χ1v) is 6.60. The fourth-order valence-electron chi connectivity index (χ4n) is 2.75. The van der Waals surface area contributed by atoms with Crippen LogP contribution in [0.25, 0.3) is 0 Å². The van der Waals surface area contributed by atoms with Gasteiger partial charge < -0.3 is 10.6 Å². The Bertz CT molecular complexity index is 345. The van der Waals surface area contributed by atoms with Crippen LogP contribution in [0, 0.1) is 5.92 Å². The van der Waals surface area contributed by atoms with Gasteiger partial charge in [0.05, 0.1) is 5.69 Å². The second kappa shape index (κ2) is 6.12. The van der Waals surface area contributed by atoms with E-state index in [0.29, 0.717) is 6.54 Å². The summed E-state index contributed by atoms with van der Waals surface area (Å²) in [6, 6.07) is 4.20. The Kier molecular flexibility index (Phi) is 4.51. The first-order chi connectivity index (χ1) is 8.28. The van der Waals surface area contributed by atoms with Gasteiger partial charge in [-0.2, -0.15) is 0 Å². The van der Waals surface area contributed by atoms with E-state index >= 15 is 0 Å². The van der Waals surface area contributed by atoms with Gasteiger partial charge in [0.15, 0.2) is 0 Å². The van der Waals surface area contributed by atoms with Gasteiger partial charge in [0.2, 0.25) is 0 Å². The van der Waals surface area contributed by atoms with E-state index < -0.39 is 0 Å². The molecule has 0 aliphatic heterocycles. The van der Waals surface area contributed by atoms with Gasteiger partial charge in [-0.1, -0.05) is 12.8 Å². The van der Waals surface area contributed by atoms with Crippen molar-refractivity contribution < 1.29 is 0 Å². The monoisotopic (exact) mass is 233 g/mol. The van der Waals surface area contributed by atoms with Crippen LogP contribution in [0.15, 0.2) is 18.3 Å². The molecular formula is C14H23N3. The van der Waals surface area contributed by atoms with Crippen molar-refractivity contribution in [2.45, 2.75) is 38.8 Å². The van der Waals surface area contributed by atoms with Crippen molar-refractivity contribution >= 4 is 0 Å². The first-order valence-electron chi connectivity index (χ1n) is 6.60. The number of aromatic nitrogens is 1. The summed E-state index contributed by atoms with van der Waals surface area (Å²) in [5.41, 5.74) is 7.91. The van der Waals surface area contributed by atoms with E-state index in [1.165, 1.54) is 37.8 Å². The van der Waals surface area contributed by atoms with Gasteiger partial charge in [0, 0.05) is 25.8 Å².